The number of ether oxygens (including phenoxy) is 2. The average molecular weight is 281 g/mol. The van der Waals surface area contributed by atoms with E-state index < -0.39 is 12.1 Å². The lowest BCUT2D eigenvalue weighted by atomic mass is 10.0. The number of fused-ring (bicyclic) bond motifs is 1. The van der Waals surface area contributed by atoms with E-state index in [1.807, 2.05) is 6.92 Å². The molecule has 1 aliphatic rings. The number of carboxylic acids is 1. The Balaban J connectivity index is 1.97. The molecule has 6 heteroatoms. The molecule has 1 aromatic rings. The number of aliphatic hydroxyl groups excluding tert-OH is 1. The Bertz CT molecular complexity index is 477. The van der Waals surface area contributed by atoms with Gasteiger partial charge in [-0.15, -0.1) is 0 Å². The standard InChI is InChI=1S/C14H19NO5/c1-9(15-5-4-13(16)17)14(18)10-2-3-11-12(8-10)20-7-6-19-11/h2-3,8-9,14-15,18H,4-7H2,1H3,(H,16,17). The lowest BCUT2D eigenvalue weighted by molar-refractivity contribution is -0.136. The summed E-state index contributed by atoms with van der Waals surface area (Å²) in [6, 6.07) is 5.07. The lowest BCUT2D eigenvalue weighted by Gasteiger charge is -2.23. The maximum Gasteiger partial charge on any atom is 0.304 e. The zero-order chi connectivity index (χ0) is 14.5. The minimum atomic E-state index is -0.862. The Morgan fingerprint density at radius 1 is 1.35 bits per heavy atom. The van der Waals surface area contributed by atoms with Gasteiger partial charge in [-0.05, 0) is 24.6 Å². The summed E-state index contributed by atoms with van der Waals surface area (Å²) in [4.78, 5) is 10.4. The molecule has 0 aromatic heterocycles. The van der Waals surface area contributed by atoms with Gasteiger partial charge in [0, 0.05) is 12.6 Å². The van der Waals surface area contributed by atoms with E-state index in [4.69, 9.17) is 14.6 Å². The summed E-state index contributed by atoms with van der Waals surface area (Å²) in [7, 11) is 0. The second-order valence-electron chi connectivity index (χ2n) is 4.73. The first-order valence-electron chi connectivity index (χ1n) is 6.60. The monoisotopic (exact) mass is 281 g/mol. The zero-order valence-electron chi connectivity index (χ0n) is 11.3. The fourth-order valence-corrected chi connectivity index (χ4v) is 2.05. The molecule has 0 amide bonds. The van der Waals surface area contributed by atoms with Crippen molar-refractivity contribution in [2.45, 2.75) is 25.5 Å². The highest BCUT2D eigenvalue weighted by Gasteiger charge is 2.19. The van der Waals surface area contributed by atoms with Crippen molar-refractivity contribution < 1.29 is 24.5 Å². The Morgan fingerprint density at radius 2 is 2.05 bits per heavy atom. The van der Waals surface area contributed by atoms with E-state index in [1.54, 1.807) is 18.2 Å². The third-order valence-corrected chi connectivity index (χ3v) is 3.19. The fourth-order valence-electron chi connectivity index (χ4n) is 2.05. The second kappa shape index (κ2) is 6.58. The van der Waals surface area contributed by atoms with Crippen LogP contribution in [0, 0.1) is 0 Å². The van der Waals surface area contributed by atoms with Crippen LogP contribution in [0.2, 0.25) is 0 Å². The molecule has 1 aromatic carbocycles. The van der Waals surface area contributed by atoms with Crippen molar-refractivity contribution in [3.05, 3.63) is 23.8 Å². The predicted molar refractivity (Wildman–Crippen MR) is 72.1 cm³/mol. The molecule has 0 spiro atoms. The number of nitrogens with one attached hydrogen (secondary N) is 1. The molecule has 0 bridgehead atoms. The van der Waals surface area contributed by atoms with E-state index in [1.165, 1.54) is 0 Å². The quantitative estimate of drug-likeness (QED) is 0.719. The number of hydrogen-bond donors (Lipinski definition) is 3. The SMILES string of the molecule is CC(NCCC(=O)O)C(O)c1ccc2c(c1)OCCO2. The zero-order valence-corrected chi connectivity index (χ0v) is 11.3. The highest BCUT2D eigenvalue weighted by Crippen LogP contribution is 2.33. The van der Waals surface area contributed by atoms with Crippen molar-refractivity contribution >= 4 is 5.97 Å². The molecule has 3 N–H and O–H groups in total. The van der Waals surface area contributed by atoms with Gasteiger partial charge in [-0.2, -0.15) is 0 Å². The van der Waals surface area contributed by atoms with Crippen LogP contribution in [0.25, 0.3) is 0 Å². The number of hydrogen-bond acceptors (Lipinski definition) is 5. The molecule has 110 valence electrons. The van der Waals surface area contributed by atoms with Crippen LogP contribution >= 0.6 is 0 Å². The molecule has 2 unspecified atom stereocenters. The maximum absolute atomic E-state index is 10.4. The van der Waals surface area contributed by atoms with Gasteiger partial charge in [0.1, 0.15) is 13.2 Å². The van der Waals surface area contributed by atoms with Gasteiger partial charge in [-0.3, -0.25) is 4.79 Å². The normalized spacial score (nSPS) is 16.5. The number of aliphatic carboxylic acids is 1. The van der Waals surface area contributed by atoms with Crippen LogP contribution in [-0.2, 0) is 4.79 Å². The summed E-state index contributed by atoms with van der Waals surface area (Å²) < 4.78 is 10.9. The number of carbonyl (C=O) groups is 1. The number of rotatable bonds is 6. The smallest absolute Gasteiger partial charge is 0.304 e. The van der Waals surface area contributed by atoms with E-state index in [2.05, 4.69) is 5.32 Å². The molecule has 0 fully saturated rings. The van der Waals surface area contributed by atoms with Crippen LogP contribution in [0.3, 0.4) is 0 Å². The van der Waals surface area contributed by atoms with E-state index in [-0.39, 0.29) is 12.5 Å². The van der Waals surface area contributed by atoms with Gasteiger partial charge >= 0.3 is 5.97 Å². The summed E-state index contributed by atoms with van der Waals surface area (Å²) in [5.41, 5.74) is 0.713. The van der Waals surface area contributed by atoms with Crippen LogP contribution in [0.5, 0.6) is 11.5 Å². The van der Waals surface area contributed by atoms with Gasteiger partial charge in [0.05, 0.1) is 12.5 Å². The molecule has 20 heavy (non-hydrogen) atoms. The van der Waals surface area contributed by atoms with Crippen molar-refractivity contribution in [3.8, 4) is 11.5 Å². The van der Waals surface area contributed by atoms with Crippen LogP contribution < -0.4 is 14.8 Å². The van der Waals surface area contributed by atoms with Crippen molar-refractivity contribution in [2.75, 3.05) is 19.8 Å². The molecular formula is C14H19NO5. The van der Waals surface area contributed by atoms with Crippen LogP contribution in [0.1, 0.15) is 25.0 Å². The fraction of sp³-hybridized carbons (Fsp3) is 0.500. The van der Waals surface area contributed by atoms with Gasteiger partial charge in [0.15, 0.2) is 11.5 Å². The maximum atomic E-state index is 10.4. The molecular weight excluding hydrogens is 262 g/mol. The van der Waals surface area contributed by atoms with Crippen molar-refractivity contribution in [1.82, 2.24) is 5.32 Å². The van der Waals surface area contributed by atoms with Crippen molar-refractivity contribution in [3.63, 3.8) is 0 Å². The van der Waals surface area contributed by atoms with E-state index >= 15 is 0 Å². The van der Waals surface area contributed by atoms with E-state index in [9.17, 15) is 9.90 Å². The first kappa shape index (κ1) is 14.6. The summed E-state index contributed by atoms with van der Waals surface area (Å²) in [6.07, 6.45) is -0.710. The molecule has 6 nitrogen and oxygen atoms in total. The summed E-state index contributed by atoms with van der Waals surface area (Å²) in [5.74, 6) is 0.447. The van der Waals surface area contributed by atoms with Gasteiger partial charge in [0.25, 0.3) is 0 Å². The second-order valence-corrected chi connectivity index (χ2v) is 4.73. The first-order valence-corrected chi connectivity index (χ1v) is 6.60. The van der Waals surface area contributed by atoms with Gasteiger partial charge in [0.2, 0.25) is 0 Å². The highest BCUT2D eigenvalue weighted by atomic mass is 16.6. The molecule has 2 atom stereocenters. The molecule has 1 aliphatic heterocycles. The number of carboxylic acid groups (broad SMARTS) is 1. The highest BCUT2D eigenvalue weighted by molar-refractivity contribution is 5.66. The van der Waals surface area contributed by atoms with Crippen molar-refractivity contribution in [2.24, 2.45) is 0 Å². The number of benzene rings is 1. The third-order valence-electron chi connectivity index (χ3n) is 3.19. The van der Waals surface area contributed by atoms with Crippen LogP contribution in [-0.4, -0.2) is 42.0 Å². The Morgan fingerprint density at radius 3 is 2.75 bits per heavy atom. The molecule has 0 radical (unpaired) electrons. The summed E-state index contributed by atoms with van der Waals surface area (Å²) in [5, 5.41) is 21.8. The molecule has 0 aliphatic carbocycles. The Labute approximate surface area is 117 Å². The van der Waals surface area contributed by atoms with Crippen LogP contribution in [0.15, 0.2) is 18.2 Å². The largest absolute Gasteiger partial charge is 0.486 e. The topological polar surface area (TPSA) is 88.0 Å². The summed E-state index contributed by atoms with van der Waals surface area (Å²) >= 11 is 0. The van der Waals surface area contributed by atoms with E-state index in [0.717, 1.165) is 0 Å². The Kier molecular flexibility index (Phi) is 4.81. The van der Waals surface area contributed by atoms with Gasteiger partial charge in [-0.1, -0.05) is 6.07 Å². The average Bonchev–Trinajstić information content (AvgIpc) is 2.45. The predicted octanol–water partition coefficient (Wildman–Crippen LogP) is 0.944. The molecule has 0 saturated carbocycles. The molecule has 1 heterocycles. The molecule has 2 rings (SSSR count). The summed E-state index contributed by atoms with van der Waals surface area (Å²) in [6.45, 7) is 3.16. The minimum absolute atomic E-state index is 0.0260. The Hall–Kier alpha value is -1.79. The minimum Gasteiger partial charge on any atom is -0.486 e. The van der Waals surface area contributed by atoms with Crippen LogP contribution in [0.4, 0.5) is 0 Å². The third kappa shape index (κ3) is 3.61. The number of aliphatic hydroxyl groups is 1. The van der Waals surface area contributed by atoms with Gasteiger partial charge < -0.3 is 25.0 Å². The first-order chi connectivity index (χ1) is 9.58. The van der Waals surface area contributed by atoms with Gasteiger partial charge in [-0.25, -0.2) is 0 Å². The lowest BCUT2D eigenvalue weighted by Crippen LogP contribution is -2.33. The van der Waals surface area contributed by atoms with Crippen molar-refractivity contribution in [1.29, 1.82) is 0 Å². The molecule has 0 saturated heterocycles. The van der Waals surface area contributed by atoms with E-state index in [0.29, 0.717) is 36.8 Å².